The van der Waals surface area contributed by atoms with Gasteiger partial charge in [0, 0.05) is 0 Å². The average Bonchev–Trinajstić information content (AvgIpc) is 2.51. The molecule has 0 spiro atoms. The van der Waals surface area contributed by atoms with Crippen LogP contribution in [0.5, 0.6) is 5.75 Å². The first-order chi connectivity index (χ1) is 10.5. The van der Waals surface area contributed by atoms with Crippen LogP contribution in [0, 0.1) is 5.92 Å². The summed E-state index contributed by atoms with van der Waals surface area (Å²) in [7, 11) is 0. The van der Waals surface area contributed by atoms with E-state index in [2.05, 4.69) is 0 Å². The Morgan fingerprint density at radius 2 is 1.73 bits per heavy atom. The number of esters is 2. The summed E-state index contributed by atoms with van der Waals surface area (Å²) in [5, 5.41) is 0.477. The van der Waals surface area contributed by atoms with E-state index in [0.717, 1.165) is 12.8 Å². The van der Waals surface area contributed by atoms with Gasteiger partial charge in [-0.15, -0.1) is 0 Å². The molecule has 0 saturated heterocycles. The lowest BCUT2D eigenvalue weighted by Gasteiger charge is -2.12. The summed E-state index contributed by atoms with van der Waals surface area (Å²) < 4.78 is 10.2. The number of ether oxygens (including phenoxy) is 2. The maximum absolute atomic E-state index is 11.7. The van der Waals surface area contributed by atoms with E-state index in [9.17, 15) is 9.59 Å². The molecule has 0 unspecified atom stereocenters. The van der Waals surface area contributed by atoms with Crippen LogP contribution in [0.25, 0.3) is 0 Å². The van der Waals surface area contributed by atoms with E-state index < -0.39 is 11.9 Å². The number of carbonyl (C=O) groups excluding carboxylic acids is 2. The maximum atomic E-state index is 11.7. The highest BCUT2D eigenvalue weighted by Gasteiger charge is 2.14. The van der Waals surface area contributed by atoms with Crippen LogP contribution in [-0.4, -0.2) is 18.5 Å². The van der Waals surface area contributed by atoms with Crippen LogP contribution in [0.1, 0.15) is 39.5 Å². The lowest BCUT2D eigenvalue weighted by atomic mass is 10.1. The van der Waals surface area contributed by atoms with Gasteiger partial charge in [-0.3, -0.25) is 9.59 Å². The highest BCUT2D eigenvalue weighted by atomic mass is 35.5. The minimum atomic E-state index is -0.552. The first-order valence-corrected chi connectivity index (χ1v) is 8.03. The molecule has 0 heterocycles. The molecule has 122 valence electrons. The fourth-order valence-electron chi connectivity index (χ4n) is 1.75. The fourth-order valence-corrected chi connectivity index (χ4v) is 2.08. The molecule has 0 radical (unpaired) electrons. The van der Waals surface area contributed by atoms with Crippen molar-refractivity contribution < 1.29 is 19.1 Å². The highest BCUT2D eigenvalue weighted by Crippen LogP contribution is 2.31. The molecule has 1 aromatic rings. The molecule has 22 heavy (non-hydrogen) atoms. The van der Waals surface area contributed by atoms with Crippen molar-refractivity contribution in [1.29, 1.82) is 0 Å². The van der Waals surface area contributed by atoms with E-state index >= 15 is 0 Å². The predicted molar refractivity (Wildman–Crippen MR) is 86.4 cm³/mol. The van der Waals surface area contributed by atoms with Crippen molar-refractivity contribution in [2.75, 3.05) is 6.61 Å². The summed E-state index contributed by atoms with van der Waals surface area (Å²) in [5.74, 6) is -0.407. The van der Waals surface area contributed by atoms with Crippen molar-refractivity contribution in [3.8, 4) is 5.75 Å². The maximum Gasteiger partial charge on any atom is 0.311 e. The zero-order valence-corrected chi connectivity index (χ0v) is 14.2. The molecule has 0 aliphatic heterocycles. The molecule has 1 rings (SSSR count). The minimum Gasteiger partial charge on any atom is -0.465 e. The smallest absolute Gasteiger partial charge is 0.311 e. The van der Waals surface area contributed by atoms with Crippen LogP contribution in [0.3, 0.4) is 0 Å². The first-order valence-electron chi connectivity index (χ1n) is 7.28. The fraction of sp³-hybridized carbons (Fsp3) is 0.500. The number of halogens is 2. The summed E-state index contributed by atoms with van der Waals surface area (Å²) in [5.41, 5.74) is 0. The first kappa shape index (κ1) is 18.8. The van der Waals surface area contributed by atoms with Crippen LogP contribution in [0.15, 0.2) is 18.2 Å². The number of benzene rings is 1. The number of carbonyl (C=O) groups is 2. The molecular weight excluding hydrogens is 327 g/mol. The highest BCUT2D eigenvalue weighted by molar-refractivity contribution is 6.43. The van der Waals surface area contributed by atoms with E-state index in [-0.39, 0.29) is 23.6 Å². The van der Waals surface area contributed by atoms with Crippen LogP contribution in [0.2, 0.25) is 10.0 Å². The Morgan fingerprint density at radius 3 is 2.36 bits per heavy atom. The van der Waals surface area contributed by atoms with Crippen LogP contribution >= 0.6 is 23.2 Å². The third kappa shape index (κ3) is 6.24. The molecule has 0 saturated carbocycles. The minimum absolute atomic E-state index is 0.0167. The predicted octanol–water partition coefficient (Wildman–Crippen LogP) is 4.66. The second-order valence-electron chi connectivity index (χ2n) is 4.89. The Morgan fingerprint density at radius 1 is 1.09 bits per heavy atom. The standard InChI is InChI=1S/C16H20Cl2O4/c1-3-11(4-2)10-21-14(19)8-9-15(20)22-13-7-5-6-12(17)16(13)18/h5-7,11H,3-4,8-10H2,1-2H3. The normalized spacial score (nSPS) is 10.6. The average molecular weight is 347 g/mol. The van der Waals surface area contributed by atoms with Crippen LogP contribution < -0.4 is 4.74 Å². The summed E-state index contributed by atoms with van der Waals surface area (Å²) in [6.45, 7) is 4.49. The zero-order valence-electron chi connectivity index (χ0n) is 12.7. The molecule has 0 atom stereocenters. The second kappa shape index (κ2) is 9.70. The van der Waals surface area contributed by atoms with Crippen LogP contribution in [0.4, 0.5) is 0 Å². The lowest BCUT2D eigenvalue weighted by Crippen LogP contribution is -2.16. The monoisotopic (exact) mass is 346 g/mol. The Kier molecular flexibility index (Phi) is 8.28. The van der Waals surface area contributed by atoms with E-state index in [1.54, 1.807) is 12.1 Å². The number of rotatable bonds is 8. The van der Waals surface area contributed by atoms with Crippen molar-refractivity contribution in [2.45, 2.75) is 39.5 Å². The Bertz CT molecular complexity index is 513. The van der Waals surface area contributed by atoms with Gasteiger partial charge in [0.05, 0.1) is 24.5 Å². The zero-order chi connectivity index (χ0) is 16.5. The van der Waals surface area contributed by atoms with E-state index in [1.807, 2.05) is 13.8 Å². The molecule has 1 aromatic carbocycles. The van der Waals surface area contributed by atoms with E-state index in [4.69, 9.17) is 32.7 Å². The Balaban J connectivity index is 2.37. The molecular formula is C16H20Cl2O4. The second-order valence-corrected chi connectivity index (χ2v) is 5.68. The van der Waals surface area contributed by atoms with Gasteiger partial charge in [0.15, 0.2) is 5.75 Å². The van der Waals surface area contributed by atoms with Gasteiger partial charge in [0.25, 0.3) is 0 Å². The third-order valence-electron chi connectivity index (χ3n) is 3.31. The quantitative estimate of drug-likeness (QED) is 0.507. The van der Waals surface area contributed by atoms with E-state index in [0.29, 0.717) is 17.5 Å². The van der Waals surface area contributed by atoms with Gasteiger partial charge in [0.1, 0.15) is 5.02 Å². The van der Waals surface area contributed by atoms with Gasteiger partial charge in [-0.25, -0.2) is 0 Å². The Labute approximate surface area is 140 Å². The van der Waals surface area contributed by atoms with Gasteiger partial charge in [-0.05, 0) is 18.1 Å². The molecule has 0 fully saturated rings. The van der Waals surface area contributed by atoms with Crippen LogP contribution in [-0.2, 0) is 14.3 Å². The van der Waals surface area contributed by atoms with Crippen molar-refractivity contribution in [1.82, 2.24) is 0 Å². The molecule has 0 aliphatic rings. The molecule has 0 N–H and O–H groups in total. The van der Waals surface area contributed by atoms with Gasteiger partial charge in [-0.2, -0.15) is 0 Å². The third-order valence-corrected chi connectivity index (χ3v) is 4.11. The summed E-state index contributed by atoms with van der Waals surface area (Å²) in [6.07, 6.45) is 1.83. The van der Waals surface area contributed by atoms with Crippen molar-refractivity contribution in [2.24, 2.45) is 5.92 Å². The number of hydrogen-bond donors (Lipinski definition) is 0. The summed E-state index contributed by atoms with van der Waals surface area (Å²) in [4.78, 5) is 23.3. The summed E-state index contributed by atoms with van der Waals surface area (Å²) >= 11 is 11.7. The molecule has 0 bridgehead atoms. The van der Waals surface area contributed by atoms with E-state index in [1.165, 1.54) is 6.07 Å². The largest absolute Gasteiger partial charge is 0.465 e. The van der Waals surface area contributed by atoms with Gasteiger partial charge < -0.3 is 9.47 Å². The molecule has 0 aliphatic carbocycles. The molecule has 0 amide bonds. The van der Waals surface area contributed by atoms with Gasteiger partial charge in [0.2, 0.25) is 0 Å². The topological polar surface area (TPSA) is 52.6 Å². The molecule has 6 heteroatoms. The van der Waals surface area contributed by atoms with Gasteiger partial charge >= 0.3 is 11.9 Å². The van der Waals surface area contributed by atoms with Gasteiger partial charge in [-0.1, -0.05) is 56.0 Å². The van der Waals surface area contributed by atoms with Crippen molar-refractivity contribution in [3.63, 3.8) is 0 Å². The summed E-state index contributed by atoms with van der Waals surface area (Å²) in [6, 6.07) is 4.76. The molecule has 0 aromatic heterocycles. The molecule has 4 nitrogen and oxygen atoms in total. The Hall–Kier alpha value is -1.26. The SMILES string of the molecule is CCC(CC)COC(=O)CCC(=O)Oc1cccc(Cl)c1Cl. The van der Waals surface area contributed by atoms with Crippen molar-refractivity contribution >= 4 is 35.1 Å². The number of hydrogen-bond acceptors (Lipinski definition) is 4. The lowest BCUT2D eigenvalue weighted by molar-refractivity contribution is -0.148. The van der Waals surface area contributed by atoms with Crippen molar-refractivity contribution in [3.05, 3.63) is 28.2 Å².